The lowest BCUT2D eigenvalue weighted by atomic mass is 10.1. The van der Waals surface area contributed by atoms with Crippen LogP contribution >= 0.6 is 23.2 Å². The van der Waals surface area contributed by atoms with Gasteiger partial charge in [0, 0.05) is 16.7 Å². The van der Waals surface area contributed by atoms with Gasteiger partial charge in [-0.15, -0.1) is 0 Å². The maximum Gasteiger partial charge on any atom is 0.140 e. The molecule has 75 valence electrons. The highest BCUT2D eigenvalue weighted by Gasteiger charge is 2.08. The normalized spacial score (nSPS) is 10.3. The van der Waals surface area contributed by atoms with Gasteiger partial charge in [-0.1, -0.05) is 35.3 Å². The van der Waals surface area contributed by atoms with E-state index in [1.54, 1.807) is 30.3 Å². The fourth-order valence-electron chi connectivity index (χ4n) is 1.33. The Morgan fingerprint density at radius 2 is 1.67 bits per heavy atom. The Labute approximate surface area is 97.3 Å². The zero-order valence-corrected chi connectivity index (χ0v) is 9.11. The summed E-state index contributed by atoms with van der Waals surface area (Å²) >= 11 is 11.7. The summed E-state index contributed by atoms with van der Waals surface area (Å²) in [7, 11) is 0. The summed E-state index contributed by atoms with van der Waals surface area (Å²) < 4.78 is 13.5. The molecule has 0 aromatic heterocycles. The van der Waals surface area contributed by atoms with Crippen LogP contribution in [-0.2, 0) is 0 Å². The van der Waals surface area contributed by atoms with Crippen molar-refractivity contribution in [1.29, 1.82) is 0 Å². The van der Waals surface area contributed by atoms with Gasteiger partial charge in [0.1, 0.15) is 5.82 Å². The number of benzene rings is 2. The Bertz CT molecular complexity index is 457. The summed E-state index contributed by atoms with van der Waals surface area (Å²) in [5, 5.41) is 0.976. The van der Waals surface area contributed by atoms with Crippen molar-refractivity contribution in [2.75, 3.05) is 0 Å². The summed E-state index contributed by atoms with van der Waals surface area (Å²) in [5.74, 6) is -0.454. The highest BCUT2D eigenvalue weighted by Crippen LogP contribution is 2.30. The second-order valence-electron chi connectivity index (χ2n) is 3.02. The van der Waals surface area contributed by atoms with Crippen LogP contribution in [0.2, 0.25) is 10.0 Å². The molecule has 2 rings (SSSR count). The van der Waals surface area contributed by atoms with E-state index in [-0.39, 0.29) is 0 Å². The molecule has 0 aliphatic rings. The summed E-state index contributed by atoms with van der Waals surface area (Å²) in [6.07, 6.45) is 0. The molecule has 0 aliphatic carbocycles. The molecule has 0 atom stereocenters. The molecule has 3 heteroatoms. The van der Waals surface area contributed by atoms with Gasteiger partial charge >= 0.3 is 0 Å². The van der Waals surface area contributed by atoms with Crippen molar-refractivity contribution in [1.82, 2.24) is 0 Å². The van der Waals surface area contributed by atoms with Crippen LogP contribution < -0.4 is 0 Å². The molecule has 0 heterocycles. The Morgan fingerprint density at radius 3 is 2.27 bits per heavy atom. The molecule has 15 heavy (non-hydrogen) atoms. The van der Waals surface area contributed by atoms with E-state index in [9.17, 15) is 4.39 Å². The number of hydrogen-bond donors (Lipinski definition) is 0. The number of hydrogen-bond acceptors (Lipinski definition) is 0. The molecule has 0 saturated heterocycles. The van der Waals surface area contributed by atoms with Gasteiger partial charge < -0.3 is 0 Å². The third kappa shape index (κ3) is 2.14. The predicted molar refractivity (Wildman–Crippen MR) is 60.7 cm³/mol. The van der Waals surface area contributed by atoms with Gasteiger partial charge in [0.2, 0.25) is 0 Å². The molecule has 0 saturated carbocycles. The fourth-order valence-corrected chi connectivity index (χ4v) is 1.71. The SMILES string of the molecule is Fc1[c]ccc(Cl)c1-c1ccc(Cl)cc1. The highest BCUT2D eigenvalue weighted by atomic mass is 35.5. The summed E-state index contributed by atoms with van der Waals surface area (Å²) in [6, 6.07) is 12.4. The minimum Gasteiger partial charge on any atom is -0.206 e. The lowest BCUT2D eigenvalue weighted by Gasteiger charge is -2.05. The van der Waals surface area contributed by atoms with Gasteiger partial charge in [0.05, 0.1) is 5.02 Å². The first kappa shape index (κ1) is 10.5. The third-order valence-electron chi connectivity index (χ3n) is 2.03. The van der Waals surface area contributed by atoms with Gasteiger partial charge in [-0.2, -0.15) is 0 Å². The molecule has 2 aromatic rings. The second kappa shape index (κ2) is 4.21. The molecular formula is C12H6Cl2F. The van der Waals surface area contributed by atoms with Crippen molar-refractivity contribution >= 4 is 23.2 Å². The van der Waals surface area contributed by atoms with Gasteiger partial charge in [0.15, 0.2) is 0 Å². The average Bonchev–Trinajstić information content (AvgIpc) is 2.20. The Kier molecular flexibility index (Phi) is 2.94. The lowest BCUT2D eigenvalue weighted by Crippen LogP contribution is -1.85. The van der Waals surface area contributed by atoms with E-state index >= 15 is 0 Å². The smallest absolute Gasteiger partial charge is 0.140 e. The average molecular weight is 240 g/mol. The van der Waals surface area contributed by atoms with Crippen LogP contribution in [0.15, 0.2) is 36.4 Å². The monoisotopic (exact) mass is 239 g/mol. The Hall–Kier alpha value is -1.05. The van der Waals surface area contributed by atoms with Crippen LogP contribution in [0, 0.1) is 11.9 Å². The van der Waals surface area contributed by atoms with E-state index in [2.05, 4.69) is 6.07 Å². The summed E-state index contributed by atoms with van der Waals surface area (Å²) in [6.45, 7) is 0. The van der Waals surface area contributed by atoms with Crippen LogP contribution in [0.1, 0.15) is 0 Å². The van der Waals surface area contributed by atoms with E-state index in [4.69, 9.17) is 23.2 Å². The summed E-state index contributed by atoms with van der Waals surface area (Å²) in [5.41, 5.74) is 1.05. The largest absolute Gasteiger partial charge is 0.206 e. The van der Waals surface area contributed by atoms with Crippen molar-refractivity contribution in [2.45, 2.75) is 0 Å². The van der Waals surface area contributed by atoms with E-state index in [0.29, 0.717) is 21.2 Å². The van der Waals surface area contributed by atoms with Crippen LogP contribution in [-0.4, -0.2) is 0 Å². The van der Waals surface area contributed by atoms with Crippen molar-refractivity contribution in [2.24, 2.45) is 0 Å². The van der Waals surface area contributed by atoms with Crippen molar-refractivity contribution in [3.63, 3.8) is 0 Å². The molecular weight excluding hydrogens is 234 g/mol. The molecule has 0 aliphatic heterocycles. The standard InChI is InChI=1S/C12H6Cl2F/c13-9-6-4-8(5-7-9)12-10(14)2-1-3-11(12)15/h1-2,4-7H. The predicted octanol–water partition coefficient (Wildman–Crippen LogP) is 4.60. The van der Waals surface area contributed by atoms with Gasteiger partial charge in [-0.05, 0) is 29.8 Å². The second-order valence-corrected chi connectivity index (χ2v) is 3.87. The topological polar surface area (TPSA) is 0 Å². The molecule has 2 aromatic carbocycles. The van der Waals surface area contributed by atoms with Crippen molar-refractivity contribution < 1.29 is 4.39 Å². The van der Waals surface area contributed by atoms with Crippen molar-refractivity contribution in [3.05, 3.63) is 58.3 Å². The maximum absolute atomic E-state index is 13.5. The minimum atomic E-state index is -0.454. The fraction of sp³-hybridized carbons (Fsp3) is 0. The molecule has 0 amide bonds. The van der Waals surface area contributed by atoms with Gasteiger partial charge in [-0.3, -0.25) is 0 Å². The first-order chi connectivity index (χ1) is 7.18. The van der Waals surface area contributed by atoms with E-state index in [1.165, 1.54) is 6.07 Å². The number of halogens is 3. The van der Waals surface area contributed by atoms with Crippen LogP contribution in [0.3, 0.4) is 0 Å². The Morgan fingerprint density at radius 1 is 1.00 bits per heavy atom. The van der Waals surface area contributed by atoms with Crippen LogP contribution in [0.4, 0.5) is 4.39 Å². The molecule has 0 unspecified atom stereocenters. The zero-order chi connectivity index (χ0) is 10.8. The quantitative estimate of drug-likeness (QED) is 0.683. The minimum absolute atomic E-state index is 0.357. The van der Waals surface area contributed by atoms with E-state index in [1.807, 2.05) is 0 Å². The van der Waals surface area contributed by atoms with E-state index in [0.717, 1.165) is 0 Å². The first-order valence-electron chi connectivity index (χ1n) is 4.30. The maximum atomic E-state index is 13.5. The third-order valence-corrected chi connectivity index (χ3v) is 2.60. The van der Waals surface area contributed by atoms with Crippen LogP contribution in [0.5, 0.6) is 0 Å². The Balaban J connectivity index is 2.58. The number of rotatable bonds is 1. The lowest BCUT2D eigenvalue weighted by molar-refractivity contribution is 0.629. The zero-order valence-electron chi connectivity index (χ0n) is 7.60. The molecule has 0 bridgehead atoms. The molecule has 0 nitrogen and oxygen atoms in total. The van der Waals surface area contributed by atoms with Crippen molar-refractivity contribution in [3.8, 4) is 11.1 Å². The van der Waals surface area contributed by atoms with Gasteiger partial charge in [-0.25, -0.2) is 4.39 Å². The summed E-state index contributed by atoms with van der Waals surface area (Å²) in [4.78, 5) is 0. The molecule has 0 N–H and O–H groups in total. The van der Waals surface area contributed by atoms with Crippen LogP contribution in [0.25, 0.3) is 11.1 Å². The molecule has 0 spiro atoms. The van der Waals surface area contributed by atoms with Gasteiger partial charge in [0.25, 0.3) is 0 Å². The first-order valence-corrected chi connectivity index (χ1v) is 5.05. The van der Waals surface area contributed by atoms with E-state index < -0.39 is 5.82 Å². The molecule has 1 radical (unpaired) electrons. The highest BCUT2D eigenvalue weighted by molar-refractivity contribution is 6.33. The molecule has 0 fully saturated rings.